The SMILES string of the molecule is O=C(NCc1ccncc1)[C@H]1C[C@@](c2ccc(C(OCc3c(F)cccc3F)(C(F)(F)F)C(F)(F)F)cc2)(S(=O)(=O)c2ccc(F)cc2)C1. The van der Waals surface area contributed by atoms with E-state index in [0.717, 1.165) is 42.5 Å². The van der Waals surface area contributed by atoms with Gasteiger partial charge in [-0.15, -0.1) is 0 Å². The monoisotopic (exact) mass is 716 g/mol. The number of carbonyl (C=O) groups is 1. The molecule has 0 spiro atoms. The van der Waals surface area contributed by atoms with Crippen LogP contribution < -0.4 is 5.32 Å². The van der Waals surface area contributed by atoms with E-state index in [1.165, 1.54) is 12.4 Å². The lowest BCUT2D eigenvalue weighted by Crippen LogP contribution is -2.56. The lowest BCUT2D eigenvalue weighted by Gasteiger charge is -2.46. The predicted octanol–water partition coefficient (Wildman–Crippen LogP) is 7.43. The molecule has 3 aromatic carbocycles. The van der Waals surface area contributed by atoms with Crippen LogP contribution in [-0.4, -0.2) is 31.7 Å². The molecular formula is C33H25F9N2O4S. The van der Waals surface area contributed by atoms with Gasteiger partial charge in [0.1, 0.15) is 22.2 Å². The molecule has 0 atom stereocenters. The van der Waals surface area contributed by atoms with Crippen molar-refractivity contribution in [2.24, 2.45) is 5.92 Å². The first-order valence-electron chi connectivity index (χ1n) is 14.4. The molecule has 1 aromatic heterocycles. The number of halogens is 9. The van der Waals surface area contributed by atoms with E-state index in [1.807, 2.05) is 0 Å². The molecule has 1 aliphatic rings. The fourth-order valence-corrected chi connectivity index (χ4v) is 8.03. The molecular weight excluding hydrogens is 691 g/mol. The number of sulfone groups is 1. The van der Waals surface area contributed by atoms with Crippen LogP contribution in [0.5, 0.6) is 0 Å². The second-order valence-corrected chi connectivity index (χ2v) is 13.6. The number of benzene rings is 3. The minimum absolute atomic E-state index is 0.0675. The Morgan fingerprint density at radius 1 is 0.816 bits per heavy atom. The zero-order chi connectivity index (χ0) is 35.8. The van der Waals surface area contributed by atoms with Crippen molar-refractivity contribution in [3.63, 3.8) is 0 Å². The average Bonchev–Trinajstić information content (AvgIpc) is 3.01. The van der Waals surface area contributed by atoms with Crippen molar-refractivity contribution >= 4 is 15.7 Å². The number of nitrogens with zero attached hydrogens (tertiary/aromatic N) is 1. The van der Waals surface area contributed by atoms with Crippen LogP contribution in [-0.2, 0) is 42.9 Å². The van der Waals surface area contributed by atoms with Gasteiger partial charge in [-0.05, 0) is 72.5 Å². The summed E-state index contributed by atoms with van der Waals surface area (Å²) in [5.74, 6) is -5.14. The van der Waals surface area contributed by atoms with Crippen LogP contribution in [0.2, 0.25) is 0 Å². The molecule has 0 radical (unpaired) electrons. The number of hydrogen-bond donors (Lipinski definition) is 1. The smallest absolute Gasteiger partial charge is 0.352 e. The fraction of sp³-hybridized carbons (Fsp3) is 0.273. The number of aromatic nitrogens is 1. The third kappa shape index (κ3) is 6.50. The highest BCUT2D eigenvalue weighted by molar-refractivity contribution is 7.92. The van der Waals surface area contributed by atoms with Gasteiger partial charge >= 0.3 is 12.4 Å². The van der Waals surface area contributed by atoms with Gasteiger partial charge in [-0.3, -0.25) is 9.78 Å². The van der Waals surface area contributed by atoms with E-state index < -0.39 is 97.3 Å². The molecule has 0 aliphatic heterocycles. The average molecular weight is 717 g/mol. The second-order valence-electron chi connectivity index (χ2n) is 11.4. The summed E-state index contributed by atoms with van der Waals surface area (Å²) in [6.07, 6.45) is -10.3. The van der Waals surface area contributed by atoms with Gasteiger partial charge < -0.3 is 10.1 Å². The molecule has 1 N–H and O–H groups in total. The van der Waals surface area contributed by atoms with Gasteiger partial charge in [0.15, 0.2) is 9.84 Å². The van der Waals surface area contributed by atoms with Crippen LogP contribution in [0.4, 0.5) is 39.5 Å². The Morgan fingerprint density at radius 3 is 1.90 bits per heavy atom. The van der Waals surface area contributed by atoms with Crippen molar-refractivity contribution in [2.75, 3.05) is 0 Å². The number of pyridine rings is 1. The van der Waals surface area contributed by atoms with E-state index in [2.05, 4.69) is 15.0 Å². The minimum Gasteiger partial charge on any atom is -0.352 e. The number of rotatable bonds is 10. The van der Waals surface area contributed by atoms with Gasteiger partial charge in [0.2, 0.25) is 5.91 Å². The maximum absolute atomic E-state index is 14.4. The third-order valence-corrected chi connectivity index (χ3v) is 11.0. The van der Waals surface area contributed by atoms with E-state index in [4.69, 9.17) is 0 Å². The largest absolute Gasteiger partial charge is 0.430 e. The van der Waals surface area contributed by atoms with Crippen molar-refractivity contribution < 1.29 is 57.5 Å². The molecule has 1 heterocycles. The predicted molar refractivity (Wildman–Crippen MR) is 155 cm³/mol. The maximum Gasteiger partial charge on any atom is 0.430 e. The summed E-state index contributed by atoms with van der Waals surface area (Å²) in [7, 11) is -4.54. The number of nitrogens with one attached hydrogen (secondary N) is 1. The molecule has 49 heavy (non-hydrogen) atoms. The van der Waals surface area contributed by atoms with Gasteiger partial charge in [0, 0.05) is 36.0 Å². The Labute approximate surface area is 273 Å². The van der Waals surface area contributed by atoms with Crippen LogP contribution in [0.3, 0.4) is 0 Å². The Balaban J connectivity index is 1.53. The highest BCUT2D eigenvalue weighted by Crippen LogP contribution is 2.56. The first kappa shape index (κ1) is 35.9. The lowest BCUT2D eigenvalue weighted by molar-refractivity contribution is -0.392. The second kappa shape index (κ2) is 13.1. The summed E-state index contributed by atoms with van der Waals surface area (Å²) >= 11 is 0. The van der Waals surface area contributed by atoms with Crippen molar-refractivity contribution in [2.45, 2.75) is 53.6 Å². The number of amides is 1. The molecule has 260 valence electrons. The molecule has 16 heteroatoms. The van der Waals surface area contributed by atoms with Gasteiger partial charge in [0.25, 0.3) is 5.60 Å². The van der Waals surface area contributed by atoms with Gasteiger partial charge in [-0.1, -0.05) is 30.3 Å². The maximum atomic E-state index is 14.4. The zero-order valence-electron chi connectivity index (χ0n) is 25.0. The van der Waals surface area contributed by atoms with E-state index in [1.54, 1.807) is 12.1 Å². The zero-order valence-corrected chi connectivity index (χ0v) is 25.8. The summed E-state index contributed by atoms with van der Waals surface area (Å²) in [6, 6.07) is 11.2. The summed E-state index contributed by atoms with van der Waals surface area (Å²) in [4.78, 5) is 16.4. The summed E-state index contributed by atoms with van der Waals surface area (Å²) in [5, 5.41) is 2.66. The fourth-order valence-electron chi connectivity index (χ4n) is 5.80. The Kier molecular flexibility index (Phi) is 9.60. The summed E-state index contributed by atoms with van der Waals surface area (Å²) < 4.78 is 159. The Morgan fingerprint density at radius 2 is 1.37 bits per heavy atom. The number of carbonyl (C=O) groups excluding carboxylic acids is 1. The highest BCUT2D eigenvalue weighted by atomic mass is 32.2. The Bertz CT molecular complexity index is 1880. The van der Waals surface area contributed by atoms with E-state index in [-0.39, 0.29) is 12.1 Å². The molecule has 1 aliphatic carbocycles. The normalized spacial score (nSPS) is 18.5. The van der Waals surface area contributed by atoms with Crippen molar-refractivity contribution in [3.05, 3.63) is 131 Å². The summed E-state index contributed by atoms with van der Waals surface area (Å²) in [5.41, 5.74) is -7.39. The molecule has 1 amide bonds. The third-order valence-electron chi connectivity index (χ3n) is 8.49. The molecule has 1 fully saturated rings. The van der Waals surface area contributed by atoms with E-state index in [9.17, 15) is 52.7 Å². The van der Waals surface area contributed by atoms with Crippen LogP contribution >= 0.6 is 0 Å². The minimum atomic E-state index is -6.22. The highest BCUT2D eigenvalue weighted by Gasteiger charge is 2.73. The van der Waals surface area contributed by atoms with Gasteiger partial charge in [0.05, 0.1) is 11.5 Å². The standard InChI is InChI=1S/C33H25F9N2O4S/c34-24-8-10-25(11-9-24)49(46,47)30(16-21(17-30)29(45)44-18-20-12-14-43-15-13-20)22-4-6-23(7-5-22)31(32(37,38)39,33(40,41)42)48-19-26-27(35)2-1-3-28(26)36/h1-15,21H,16-19H2,(H,44,45)/t21-,30+. The first-order valence-corrected chi connectivity index (χ1v) is 15.9. The van der Waals surface area contributed by atoms with Crippen molar-refractivity contribution in [3.8, 4) is 0 Å². The number of ether oxygens (including phenoxy) is 1. The van der Waals surface area contributed by atoms with Crippen LogP contribution in [0.25, 0.3) is 0 Å². The first-order chi connectivity index (χ1) is 22.9. The summed E-state index contributed by atoms with van der Waals surface area (Å²) in [6.45, 7) is -1.70. The van der Waals surface area contributed by atoms with Crippen molar-refractivity contribution in [1.82, 2.24) is 10.3 Å². The van der Waals surface area contributed by atoms with E-state index >= 15 is 0 Å². The molecule has 0 bridgehead atoms. The molecule has 4 aromatic rings. The molecule has 1 saturated carbocycles. The van der Waals surface area contributed by atoms with Gasteiger partial charge in [-0.25, -0.2) is 21.6 Å². The van der Waals surface area contributed by atoms with Crippen molar-refractivity contribution in [1.29, 1.82) is 0 Å². The topological polar surface area (TPSA) is 85.4 Å². The van der Waals surface area contributed by atoms with E-state index in [0.29, 0.717) is 29.8 Å². The molecule has 6 nitrogen and oxygen atoms in total. The van der Waals surface area contributed by atoms with Crippen LogP contribution in [0.15, 0.2) is 96.2 Å². The molecule has 0 saturated heterocycles. The quantitative estimate of drug-likeness (QED) is 0.136. The van der Waals surface area contributed by atoms with Gasteiger partial charge in [-0.2, -0.15) is 26.3 Å². The number of alkyl halides is 6. The number of hydrogen-bond acceptors (Lipinski definition) is 5. The van der Waals surface area contributed by atoms with Crippen LogP contribution in [0, 0.1) is 23.4 Å². The molecule has 0 unspecified atom stereocenters. The molecule has 5 rings (SSSR count). The Hall–Kier alpha value is -4.44. The lowest BCUT2D eigenvalue weighted by atomic mass is 9.69. The van der Waals surface area contributed by atoms with Crippen LogP contribution in [0.1, 0.15) is 35.1 Å².